The molecule has 2 heterocycles. The van der Waals surface area contributed by atoms with Crippen LogP contribution in [0.2, 0.25) is 0 Å². The van der Waals surface area contributed by atoms with E-state index in [2.05, 4.69) is 11.2 Å². The van der Waals surface area contributed by atoms with Crippen LogP contribution in [0.15, 0.2) is 9.72 Å². The summed E-state index contributed by atoms with van der Waals surface area (Å²) >= 11 is 3.47. The van der Waals surface area contributed by atoms with Gasteiger partial charge in [0.2, 0.25) is 0 Å². The molecular formula is C9H12BN2S2Y-. The average Bonchev–Trinajstić information content (AvgIpc) is 2.78. The summed E-state index contributed by atoms with van der Waals surface area (Å²) in [6, 6.07) is 0.589. The molecule has 2 rings (SSSR count). The molecule has 1 unspecified atom stereocenters. The van der Waals surface area contributed by atoms with Crippen LogP contribution < -0.4 is 0 Å². The molecule has 1 atom stereocenters. The molecule has 0 spiro atoms. The van der Waals surface area contributed by atoms with Crippen molar-refractivity contribution < 1.29 is 32.7 Å². The van der Waals surface area contributed by atoms with Gasteiger partial charge in [-0.2, -0.15) is 11.8 Å². The molecule has 77 valence electrons. The van der Waals surface area contributed by atoms with E-state index < -0.39 is 0 Å². The van der Waals surface area contributed by atoms with Crippen LogP contribution in [-0.4, -0.2) is 36.1 Å². The second-order valence-electron chi connectivity index (χ2n) is 3.41. The third kappa shape index (κ3) is 4.47. The molecule has 15 heavy (non-hydrogen) atoms. The predicted molar refractivity (Wildman–Crippen MR) is 61.8 cm³/mol. The first-order valence-corrected chi connectivity index (χ1v) is 6.68. The Bertz CT molecular complexity index is 271. The van der Waals surface area contributed by atoms with Gasteiger partial charge in [-0.1, -0.05) is 5.38 Å². The molecule has 0 saturated carbocycles. The van der Waals surface area contributed by atoms with Gasteiger partial charge in [0.1, 0.15) is 0 Å². The topological polar surface area (TPSA) is 16.1 Å². The maximum Gasteiger partial charge on any atom is 0.182 e. The Kier molecular flexibility index (Phi) is 7.03. The van der Waals surface area contributed by atoms with Crippen LogP contribution in [0.1, 0.15) is 19.3 Å². The second kappa shape index (κ2) is 7.44. The first-order chi connectivity index (χ1) is 6.86. The summed E-state index contributed by atoms with van der Waals surface area (Å²) in [6.45, 7) is 1.06. The van der Waals surface area contributed by atoms with Gasteiger partial charge in [-0.3, -0.25) is 0 Å². The van der Waals surface area contributed by atoms with Crippen LogP contribution in [-0.2, 0) is 32.7 Å². The largest absolute Gasteiger partial charge is 0.437 e. The minimum Gasteiger partial charge on any atom is -0.437 e. The summed E-state index contributed by atoms with van der Waals surface area (Å²) in [5.41, 5.74) is 0. The molecule has 3 radical (unpaired) electrons. The maximum absolute atomic E-state index is 5.84. The molecule has 1 aromatic rings. The van der Waals surface area contributed by atoms with Gasteiger partial charge in [-0.25, -0.2) is 11.3 Å². The van der Waals surface area contributed by atoms with E-state index in [0.29, 0.717) is 6.04 Å². The van der Waals surface area contributed by atoms with Crippen molar-refractivity contribution >= 4 is 31.1 Å². The van der Waals surface area contributed by atoms with Crippen molar-refractivity contribution in [3.8, 4) is 0 Å². The molecule has 0 N–H and O–H groups in total. The molecule has 1 aromatic heterocycles. The number of hydrogen-bond acceptors (Lipinski definition) is 4. The van der Waals surface area contributed by atoms with E-state index >= 15 is 0 Å². The van der Waals surface area contributed by atoms with Gasteiger partial charge in [0.25, 0.3) is 0 Å². The number of nitrogens with zero attached hydrogens (tertiary/aromatic N) is 2. The van der Waals surface area contributed by atoms with Crippen LogP contribution in [0.5, 0.6) is 0 Å². The number of thioether (sulfide) groups is 1. The quantitative estimate of drug-likeness (QED) is 0.480. The molecular weight excluding hydrogens is 300 g/mol. The Morgan fingerprint density at radius 2 is 2.60 bits per heavy atom. The van der Waals surface area contributed by atoms with E-state index in [1.165, 1.54) is 19.3 Å². The van der Waals surface area contributed by atoms with Crippen LogP contribution in [0.25, 0.3) is 0 Å². The van der Waals surface area contributed by atoms with Gasteiger partial charge in [-0.05, 0) is 41.9 Å². The average molecular weight is 312 g/mol. The molecule has 0 amide bonds. The van der Waals surface area contributed by atoms with Crippen molar-refractivity contribution in [2.45, 2.75) is 29.6 Å². The fraction of sp³-hybridized carbons (Fsp3) is 0.667. The summed E-state index contributed by atoms with van der Waals surface area (Å²) in [7, 11) is 5.84. The SMILES string of the molecule is [B]N1CCCC1CCSc1n[c-]cs1.[Y]. The summed E-state index contributed by atoms with van der Waals surface area (Å²) in [5.74, 6) is 1.11. The van der Waals surface area contributed by atoms with Crippen molar-refractivity contribution in [1.82, 2.24) is 9.79 Å². The van der Waals surface area contributed by atoms with Gasteiger partial charge in [0.15, 0.2) is 7.98 Å². The minimum absolute atomic E-state index is 0. The standard InChI is InChI=1S/C9H12BN2S2.Y/c10-12-5-1-2-8(12)3-6-13-9-11-4-7-14-9;/h7-8H,1-3,5-6H2;/q-1;. The fourth-order valence-electron chi connectivity index (χ4n) is 1.70. The zero-order chi connectivity index (χ0) is 9.80. The van der Waals surface area contributed by atoms with Gasteiger partial charge >= 0.3 is 0 Å². The molecule has 1 aliphatic heterocycles. The van der Waals surface area contributed by atoms with Crippen molar-refractivity contribution in [1.29, 1.82) is 0 Å². The van der Waals surface area contributed by atoms with Crippen molar-refractivity contribution in [3.63, 3.8) is 0 Å². The van der Waals surface area contributed by atoms with E-state index in [1.54, 1.807) is 11.3 Å². The molecule has 0 bridgehead atoms. The number of thiazole rings is 1. The van der Waals surface area contributed by atoms with Crippen molar-refractivity contribution in [3.05, 3.63) is 11.6 Å². The van der Waals surface area contributed by atoms with Crippen molar-refractivity contribution in [2.24, 2.45) is 0 Å². The monoisotopic (exact) mass is 312 g/mol. The molecule has 1 saturated heterocycles. The smallest absolute Gasteiger partial charge is 0.182 e. The molecule has 1 fully saturated rings. The molecule has 0 aromatic carbocycles. The second-order valence-corrected chi connectivity index (χ2v) is 5.61. The van der Waals surface area contributed by atoms with Crippen molar-refractivity contribution in [2.75, 3.05) is 12.3 Å². The Balaban J connectivity index is 0.00000112. The van der Waals surface area contributed by atoms with Crippen LogP contribution >= 0.6 is 23.1 Å². The fourth-order valence-corrected chi connectivity index (χ4v) is 3.36. The van der Waals surface area contributed by atoms with Crippen LogP contribution in [0, 0.1) is 6.20 Å². The van der Waals surface area contributed by atoms with Crippen LogP contribution in [0.4, 0.5) is 0 Å². The predicted octanol–water partition coefficient (Wildman–Crippen LogP) is 1.97. The van der Waals surface area contributed by atoms with E-state index in [1.807, 2.05) is 22.0 Å². The Morgan fingerprint density at radius 3 is 3.20 bits per heavy atom. The van der Waals surface area contributed by atoms with Gasteiger partial charge in [0, 0.05) is 32.7 Å². The third-order valence-electron chi connectivity index (χ3n) is 2.47. The number of rotatable bonds is 4. The van der Waals surface area contributed by atoms with Gasteiger partial charge < -0.3 is 9.79 Å². The Hall–Kier alpha value is 1.11. The van der Waals surface area contributed by atoms with E-state index in [4.69, 9.17) is 7.98 Å². The number of hydrogen-bond donors (Lipinski definition) is 0. The molecule has 2 nitrogen and oxygen atoms in total. The third-order valence-corrected chi connectivity index (χ3v) is 4.40. The van der Waals surface area contributed by atoms with E-state index in [-0.39, 0.29) is 32.7 Å². The summed E-state index contributed by atoms with van der Waals surface area (Å²) < 4.78 is 1.12. The zero-order valence-electron chi connectivity index (χ0n) is 8.56. The first kappa shape index (κ1) is 14.2. The Morgan fingerprint density at radius 1 is 1.73 bits per heavy atom. The minimum atomic E-state index is 0. The van der Waals surface area contributed by atoms with Crippen LogP contribution in [0.3, 0.4) is 0 Å². The zero-order valence-corrected chi connectivity index (χ0v) is 13.0. The molecule has 0 aliphatic carbocycles. The maximum atomic E-state index is 5.84. The number of aromatic nitrogens is 1. The summed E-state index contributed by atoms with van der Waals surface area (Å²) in [4.78, 5) is 6.09. The molecule has 6 heteroatoms. The molecule has 1 aliphatic rings. The van der Waals surface area contributed by atoms with E-state index in [9.17, 15) is 0 Å². The van der Waals surface area contributed by atoms with Gasteiger partial charge in [0.05, 0.1) is 0 Å². The summed E-state index contributed by atoms with van der Waals surface area (Å²) in [5, 5.41) is 1.90. The Labute approximate surface area is 126 Å². The first-order valence-electron chi connectivity index (χ1n) is 4.82. The summed E-state index contributed by atoms with van der Waals surface area (Å²) in [6.07, 6.45) is 6.49. The van der Waals surface area contributed by atoms with Gasteiger partial charge in [-0.15, -0.1) is 6.20 Å². The normalized spacial score (nSPS) is 21.5. The van der Waals surface area contributed by atoms with E-state index in [0.717, 1.165) is 16.6 Å².